The first-order valence-electron chi connectivity index (χ1n) is 6.79. The number of nitrogens with one attached hydrogen (secondary N) is 1. The number of hydrogen-bond acceptors (Lipinski definition) is 4. The molecule has 6 heteroatoms. The second-order valence-corrected chi connectivity index (χ2v) is 4.82. The van der Waals surface area contributed by atoms with Crippen LogP contribution in [-0.4, -0.2) is 35.0 Å². The molecule has 0 aromatic carbocycles. The van der Waals surface area contributed by atoms with Crippen molar-refractivity contribution in [3.63, 3.8) is 0 Å². The summed E-state index contributed by atoms with van der Waals surface area (Å²) in [7, 11) is 0. The van der Waals surface area contributed by atoms with E-state index in [0.717, 1.165) is 12.8 Å². The summed E-state index contributed by atoms with van der Waals surface area (Å²) in [6.45, 7) is 6.80. The van der Waals surface area contributed by atoms with Crippen molar-refractivity contribution in [2.24, 2.45) is 5.92 Å². The highest BCUT2D eigenvalue weighted by atomic mass is 16.5. The summed E-state index contributed by atoms with van der Waals surface area (Å²) in [6.07, 6.45) is 3.58. The fraction of sp³-hybridized carbons (Fsp3) is 0.500. The topological polar surface area (TPSA) is 75.4 Å². The van der Waals surface area contributed by atoms with Crippen LogP contribution in [0.15, 0.2) is 23.2 Å². The van der Waals surface area contributed by atoms with E-state index in [1.54, 1.807) is 17.0 Å². The molecule has 0 unspecified atom stereocenters. The maximum absolute atomic E-state index is 12.1. The van der Waals surface area contributed by atoms with Crippen molar-refractivity contribution in [3.05, 3.63) is 30.2 Å². The molecule has 2 amide bonds. The van der Waals surface area contributed by atoms with Gasteiger partial charge in [-0.05, 0) is 19.8 Å². The SMILES string of the molecule is C=CCN(Cc1cc(C(=O)NCC)no1)C(=O)C1CC1. The Labute approximate surface area is 117 Å². The number of hydrogen-bond donors (Lipinski definition) is 1. The fourth-order valence-electron chi connectivity index (χ4n) is 1.91. The smallest absolute Gasteiger partial charge is 0.273 e. The zero-order chi connectivity index (χ0) is 14.5. The summed E-state index contributed by atoms with van der Waals surface area (Å²) in [6, 6.07) is 1.57. The highest BCUT2D eigenvalue weighted by molar-refractivity contribution is 5.92. The van der Waals surface area contributed by atoms with Crippen molar-refractivity contribution >= 4 is 11.8 Å². The zero-order valence-corrected chi connectivity index (χ0v) is 11.6. The minimum Gasteiger partial charge on any atom is -0.359 e. The molecule has 1 aliphatic rings. The molecule has 1 heterocycles. The van der Waals surface area contributed by atoms with Crippen LogP contribution in [-0.2, 0) is 11.3 Å². The molecule has 0 radical (unpaired) electrons. The number of amides is 2. The molecule has 0 saturated heterocycles. The van der Waals surface area contributed by atoms with Gasteiger partial charge in [0, 0.05) is 25.1 Å². The van der Waals surface area contributed by atoms with E-state index in [9.17, 15) is 9.59 Å². The first-order chi connectivity index (χ1) is 9.65. The molecule has 1 aromatic rings. The average molecular weight is 277 g/mol. The zero-order valence-electron chi connectivity index (χ0n) is 11.6. The predicted octanol–water partition coefficient (Wildman–Crippen LogP) is 1.35. The van der Waals surface area contributed by atoms with E-state index in [2.05, 4.69) is 17.1 Å². The summed E-state index contributed by atoms with van der Waals surface area (Å²) in [5, 5.41) is 6.36. The summed E-state index contributed by atoms with van der Waals surface area (Å²) in [4.78, 5) is 25.3. The monoisotopic (exact) mass is 277 g/mol. The highest BCUT2D eigenvalue weighted by Gasteiger charge is 2.33. The minimum absolute atomic E-state index is 0.112. The number of carbonyl (C=O) groups is 2. The standard InChI is InChI=1S/C14H19N3O3/c1-3-7-17(14(19)10-5-6-10)9-11-8-12(16-20-11)13(18)15-4-2/h3,8,10H,1,4-7,9H2,2H3,(H,15,18). The molecule has 0 spiro atoms. The molecule has 1 aliphatic carbocycles. The van der Waals surface area contributed by atoms with Gasteiger partial charge in [0.05, 0.1) is 6.54 Å². The lowest BCUT2D eigenvalue weighted by Crippen LogP contribution is -2.31. The third-order valence-corrected chi connectivity index (χ3v) is 3.06. The van der Waals surface area contributed by atoms with Crippen molar-refractivity contribution in [1.29, 1.82) is 0 Å². The molecule has 0 aliphatic heterocycles. The molecule has 1 aromatic heterocycles. The average Bonchev–Trinajstić information content (AvgIpc) is 3.17. The van der Waals surface area contributed by atoms with Gasteiger partial charge in [-0.15, -0.1) is 6.58 Å². The van der Waals surface area contributed by atoms with Gasteiger partial charge in [0.2, 0.25) is 5.91 Å². The van der Waals surface area contributed by atoms with Crippen LogP contribution < -0.4 is 5.32 Å². The molecule has 2 rings (SSSR count). The lowest BCUT2D eigenvalue weighted by atomic mass is 10.3. The van der Waals surface area contributed by atoms with Gasteiger partial charge in [-0.2, -0.15) is 0 Å². The second kappa shape index (κ2) is 6.36. The van der Waals surface area contributed by atoms with Crippen molar-refractivity contribution < 1.29 is 14.1 Å². The lowest BCUT2D eigenvalue weighted by Gasteiger charge is -2.19. The van der Waals surface area contributed by atoms with Gasteiger partial charge in [0.1, 0.15) is 0 Å². The van der Waals surface area contributed by atoms with Crippen LogP contribution in [0.25, 0.3) is 0 Å². The first kappa shape index (κ1) is 14.3. The normalized spacial score (nSPS) is 13.8. The maximum Gasteiger partial charge on any atom is 0.273 e. The van der Waals surface area contributed by atoms with Crippen LogP contribution >= 0.6 is 0 Å². The lowest BCUT2D eigenvalue weighted by molar-refractivity contribution is -0.132. The molecule has 1 fully saturated rings. The molecule has 1 N–H and O–H groups in total. The van der Waals surface area contributed by atoms with Crippen LogP contribution in [0.2, 0.25) is 0 Å². The van der Waals surface area contributed by atoms with Crippen molar-refractivity contribution in [2.75, 3.05) is 13.1 Å². The van der Waals surface area contributed by atoms with Gasteiger partial charge < -0.3 is 14.7 Å². The maximum atomic E-state index is 12.1. The Morgan fingerprint density at radius 3 is 2.95 bits per heavy atom. The molecule has 20 heavy (non-hydrogen) atoms. The van der Waals surface area contributed by atoms with E-state index in [1.807, 2.05) is 6.92 Å². The third kappa shape index (κ3) is 3.46. The Kier molecular flexibility index (Phi) is 4.55. The Hall–Kier alpha value is -2.11. The molecule has 6 nitrogen and oxygen atoms in total. The van der Waals surface area contributed by atoms with Crippen LogP contribution in [0.3, 0.4) is 0 Å². The molecule has 108 valence electrons. The second-order valence-electron chi connectivity index (χ2n) is 4.82. The van der Waals surface area contributed by atoms with Crippen molar-refractivity contribution in [1.82, 2.24) is 15.4 Å². The largest absolute Gasteiger partial charge is 0.359 e. The van der Waals surface area contributed by atoms with Gasteiger partial charge in [0.25, 0.3) is 5.91 Å². The van der Waals surface area contributed by atoms with Crippen LogP contribution in [0.4, 0.5) is 0 Å². The van der Waals surface area contributed by atoms with E-state index in [4.69, 9.17) is 4.52 Å². The summed E-state index contributed by atoms with van der Waals surface area (Å²) in [5.74, 6) is 0.481. The van der Waals surface area contributed by atoms with E-state index < -0.39 is 0 Å². The predicted molar refractivity (Wildman–Crippen MR) is 72.8 cm³/mol. The van der Waals surface area contributed by atoms with Crippen LogP contribution in [0.1, 0.15) is 36.0 Å². The van der Waals surface area contributed by atoms with E-state index in [0.29, 0.717) is 25.4 Å². The number of nitrogens with zero attached hydrogens (tertiary/aromatic N) is 2. The molecular weight excluding hydrogens is 258 g/mol. The summed E-state index contributed by atoms with van der Waals surface area (Å²) < 4.78 is 5.12. The number of carbonyl (C=O) groups excluding carboxylic acids is 2. The van der Waals surface area contributed by atoms with Crippen LogP contribution in [0, 0.1) is 5.92 Å². The molecule has 0 atom stereocenters. The van der Waals surface area contributed by atoms with E-state index in [1.165, 1.54) is 0 Å². The highest BCUT2D eigenvalue weighted by Crippen LogP contribution is 2.31. The van der Waals surface area contributed by atoms with Gasteiger partial charge in [-0.25, -0.2) is 0 Å². The molecular formula is C14H19N3O3. The van der Waals surface area contributed by atoms with Crippen LogP contribution in [0.5, 0.6) is 0 Å². The van der Waals surface area contributed by atoms with Gasteiger partial charge in [0.15, 0.2) is 11.5 Å². The quantitative estimate of drug-likeness (QED) is 0.763. The van der Waals surface area contributed by atoms with Crippen molar-refractivity contribution in [3.8, 4) is 0 Å². The van der Waals surface area contributed by atoms with Crippen molar-refractivity contribution in [2.45, 2.75) is 26.3 Å². The van der Waals surface area contributed by atoms with E-state index >= 15 is 0 Å². The Bertz CT molecular complexity index is 506. The fourth-order valence-corrected chi connectivity index (χ4v) is 1.91. The molecule has 0 bridgehead atoms. The van der Waals surface area contributed by atoms with Gasteiger partial charge in [-0.3, -0.25) is 9.59 Å². The Morgan fingerprint density at radius 2 is 2.35 bits per heavy atom. The van der Waals surface area contributed by atoms with E-state index in [-0.39, 0.29) is 23.4 Å². The molecule has 1 saturated carbocycles. The van der Waals surface area contributed by atoms with Gasteiger partial charge >= 0.3 is 0 Å². The third-order valence-electron chi connectivity index (χ3n) is 3.06. The minimum atomic E-state index is -0.272. The van der Waals surface area contributed by atoms with Gasteiger partial charge in [-0.1, -0.05) is 11.2 Å². The number of rotatable bonds is 7. The number of aromatic nitrogens is 1. The Balaban J connectivity index is 2.01. The summed E-state index contributed by atoms with van der Waals surface area (Å²) >= 11 is 0. The summed E-state index contributed by atoms with van der Waals surface area (Å²) in [5.41, 5.74) is 0.235. The first-order valence-corrected chi connectivity index (χ1v) is 6.79. The Morgan fingerprint density at radius 1 is 1.60 bits per heavy atom.